The number of halogens is 3. The van der Waals surface area contributed by atoms with Crippen molar-refractivity contribution in [1.29, 1.82) is 0 Å². The Morgan fingerprint density at radius 1 is 1.33 bits per heavy atom. The summed E-state index contributed by atoms with van der Waals surface area (Å²) in [5.41, 5.74) is -0.783. The molecule has 0 spiro atoms. The van der Waals surface area contributed by atoms with Crippen LogP contribution in [0.4, 0.5) is 13.2 Å². The quantitative estimate of drug-likeness (QED) is 0.803. The molecule has 1 fully saturated rings. The van der Waals surface area contributed by atoms with Crippen LogP contribution in [-0.2, 0) is 11.0 Å². The molecule has 0 radical (unpaired) electrons. The van der Waals surface area contributed by atoms with E-state index in [4.69, 9.17) is 0 Å². The van der Waals surface area contributed by atoms with E-state index in [9.17, 15) is 18.0 Å². The molecule has 2 rings (SSSR count). The van der Waals surface area contributed by atoms with Crippen molar-refractivity contribution in [3.8, 4) is 0 Å². The van der Waals surface area contributed by atoms with Crippen LogP contribution >= 0.6 is 11.8 Å². The smallest absolute Gasteiger partial charge is 0.352 e. The van der Waals surface area contributed by atoms with Gasteiger partial charge in [-0.2, -0.15) is 13.2 Å². The summed E-state index contributed by atoms with van der Waals surface area (Å²) in [6.07, 6.45) is -0.316. The molecule has 1 aromatic rings. The number of carbonyl (C=O) groups is 1. The minimum absolute atomic E-state index is 0.0901. The molecule has 1 amide bonds. The first-order valence-corrected chi connectivity index (χ1v) is 9.06. The second-order valence-corrected chi connectivity index (χ2v) is 7.89. The average Bonchev–Trinajstić information content (AvgIpc) is 2.51. The van der Waals surface area contributed by atoms with Crippen LogP contribution in [0.25, 0.3) is 0 Å². The zero-order valence-corrected chi connectivity index (χ0v) is 14.9. The average molecular weight is 360 g/mol. The summed E-state index contributed by atoms with van der Waals surface area (Å²) in [7, 11) is 0. The minimum Gasteiger partial charge on any atom is -0.352 e. The highest BCUT2D eigenvalue weighted by Crippen LogP contribution is 2.31. The van der Waals surface area contributed by atoms with Crippen molar-refractivity contribution in [3.63, 3.8) is 0 Å². The van der Waals surface area contributed by atoms with Gasteiger partial charge in [0.05, 0.1) is 15.8 Å². The van der Waals surface area contributed by atoms with Crippen LogP contribution in [0.3, 0.4) is 0 Å². The molecule has 3 nitrogen and oxygen atoms in total. The molecule has 4 atom stereocenters. The molecule has 1 heterocycles. The zero-order valence-electron chi connectivity index (χ0n) is 14.1. The van der Waals surface area contributed by atoms with Gasteiger partial charge < -0.3 is 5.32 Å². The van der Waals surface area contributed by atoms with E-state index in [1.165, 1.54) is 24.2 Å². The topological polar surface area (TPSA) is 42.0 Å². The van der Waals surface area contributed by atoms with Crippen molar-refractivity contribution in [1.82, 2.24) is 10.3 Å². The summed E-state index contributed by atoms with van der Waals surface area (Å²) >= 11 is 1.17. The van der Waals surface area contributed by atoms with Gasteiger partial charge in [0.1, 0.15) is 0 Å². The number of hydrogen-bond donors (Lipinski definition) is 1. The van der Waals surface area contributed by atoms with E-state index in [-0.39, 0.29) is 11.9 Å². The maximum Gasteiger partial charge on any atom is 0.417 e. The van der Waals surface area contributed by atoms with Gasteiger partial charge in [-0.05, 0) is 37.3 Å². The predicted octanol–water partition coefficient (Wildman–Crippen LogP) is 4.52. The third kappa shape index (κ3) is 4.88. The number of carbonyl (C=O) groups excluding carboxylic acids is 1. The summed E-state index contributed by atoms with van der Waals surface area (Å²) in [6, 6.07) is 2.47. The highest BCUT2D eigenvalue weighted by Gasteiger charge is 2.31. The standard InChI is InChI=1S/C17H23F3N2OS/c1-10-5-4-6-14(11(10)2)22-16(23)12(3)24-15-8-7-13(9-21-15)17(18,19)20/h7-12,14H,4-6H2,1-3H3,(H,22,23). The SMILES string of the molecule is CC(Sc1ccc(C(F)(F)F)cn1)C(=O)NC1CCCC(C)C1C. The number of hydrogen-bond acceptors (Lipinski definition) is 3. The van der Waals surface area contributed by atoms with Crippen molar-refractivity contribution in [2.75, 3.05) is 0 Å². The number of nitrogens with zero attached hydrogens (tertiary/aromatic N) is 1. The van der Waals surface area contributed by atoms with E-state index in [1.54, 1.807) is 6.92 Å². The van der Waals surface area contributed by atoms with Crippen LogP contribution in [0.5, 0.6) is 0 Å². The molecule has 134 valence electrons. The zero-order chi connectivity index (χ0) is 17.9. The molecule has 0 aromatic carbocycles. The van der Waals surface area contributed by atoms with Crippen LogP contribution < -0.4 is 5.32 Å². The van der Waals surface area contributed by atoms with E-state index in [1.807, 2.05) is 0 Å². The molecule has 1 saturated carbocycles. The lowest BCUT2D eigenvalue weighted by Crippen LogP contribution is -2.46. The number of rotatable bonds is 4. The van der Waals surface area contributed by atoms with Crippen molar-refractivity contribution in [2.45, 2.75) is 62.5 Å². The Balaban J connectivity index is 1.91. The molecular weight excluding hydrogens is 337 g/mol. The fraction of sp³-hybridized carbons (Fsp3) is 0.647. The van der Waals surface area contributed by atoms with Gasteiger partial charge in [0.2, 0.25) is 5.91 Å². The van der Waals surface area contributed by atoms with Gasteiger partial charge in [-0.25, -0.2) is 4.98 Å². The first-order valence-electron chi connectivity index (χ1n) is 8.18. The van der Waals surface area contributed by atoms with Crippen molar-refractivity contribution in [3.05, 3.63) is 23.9 Å². The largest absolute Gasteiger partial charge is 0.417 e. The maximum absolute atomic E-state index is 12.5. The van der Waals surface area contributed by atoms with Gasteiger partial charge in [0.25, 0.3) is 0 Å². The Hall–Kier alpha value is -1.24. The van der Waals surface area contributed by atoms with Crippen LogP contribution in [0.1, 0.15) is 45.6 Å². The van der Waals surface area contributed by atoms with E-state index in [0.717, 1.165) is 25.1 Å². The van der Waals surface area contributed by atoms with Gasteiger partial charge in [0.15, 0.2) is 0 Å². The molecule has 1 aromatic heterocycles. The fourth-order valence-electron chi connectivity index (χ4n) is 2.94. The van der Waals surface area contributed by atoms with Crippen LogP contribution in [-0.4, -0.2) is 22.2 Å². The lowest BCUT2D eigenvalue weighted by atomic mass is 9.78. The normalized spacial score (nSPS) is 26.0. The Kier molecular flexibility index (Phi) is 6.17. The monoisotopic (exact) mass is 360 g/mol. The molecule has 24 heavy (non-hydrogen) atoms. The van der Waals surface area contributed by atoms with Crippen molar-refractivity contribution >= 4 is 17.7 Å². The molecule has 7 heteroatoms. The van der Waals surface area contributed by atoms with Gasteiger partial charge in [0, 0.05) is 12.2 Å². The van der Waals surface area contributed by atoms with Crippen molar-refractivity contribution < 1.29 is 18.0 Å². The summed E-state index contributed by atoms with van der Waals surface area (Å²) in [4.78, 5) is 16.2. The summed E-state index contributed by atoms with van der Waals surface area (Å²) in [5.74, 6) is 0.931. The summed E-state index contributed by atoms with van der Waals surface area (Å²) in [6.45, 7) is 6.10. The number of nitrogens with one attached hydrogen (secondary N) is 1. The molecule has 0 saturated heterocycles. The number of thioether (sulfide) groups is 1. The first kappa shape index (κ1) is 19.1. The lowest BCUT2D eigenvalue weighted by molar-refractivity contribution is -0.137. The van der Waals surface area contributed by atoms with Crippen molar-refractivity contribution in [2.24, 2.45) is 11.8 Å². The van der Waals surface area contributed by atoms with Gasteiger partial charge in [-0.15, -0.1) is 0 Å². The number of aromatic nitrogens is 1. The third-order valence-electron chi connectivity index (χ3n) is 4.76. The molecule has 0 bridgehead atoms. The van der Waals surface area contributed by atoms with E-state index >= 15 is 0 Å². The number of pyridine rings is 1. The second-order valence-electron chi connectivity index (χ2n) is 6.53. The lowest BCUT2D eigenvalue weighted by Gasteiger charge is -2.35. The highest BCUT2D eigenvalue weighted by molar-refractivity contribution is 8.00. The van der Waals surface area contributed by atoms with Gasteiger partial charge >= 0.3 is 6.18 Å². The van der Waals surface area contributed by atoms with Gasteiger partial charge in [-0.1, -0.05) is 38.5 Å². The molecule has 1 aliphatic carbocycles. The molecule has 1 N–H and O–H groups in total. The molecule has 1 aliphatic rings. The summed E-state index contributed by atoms with van der Waals surface area (Å²) in [5, 5.41) is 3.10. The van der Waals surface area contributed by atoms with Crippen LogP contribution in [0, 0.1) is 11.8 Å². The molecule has 0 aliphatic heterocycles. The Morgan fingerprint density at radius 2 is 2.04 bits per heavy atom. The highest BCUT2D eigenvalue weighted by atomic mass is 32.2. The van der Waals surface area contributed by atoms with Crippen LogP contribution in [0.2, 0.25) is 0 Å². The second kappa shape index (κ2) is 7.76. The molecule has 4 unspecified atom stereocenters. The number of amides is 1. The third-order valence-corrected chi connectivity index (χ3v) is 5.82. The number of alkyl halides is 3. The molecular formula is C17H23F3N2OS. The predicted molar refractivity (Wildman–Crippen MR) is 88.7 cm³/mol. The fourth-order valence-corrected chi connectivity index (χ4v) is 3.74. The first-order chi connectivity index (χ1) is 11.2. The Labute approximate surface area is 144 Å². The van der Waals surface area contributed by atoms with E-state index < -0.39 is 17.0 Å². The van der Waals surface area contributed by atoms with E-state index in [2.05, 4.69) is 24.1 Å². The summed E-state index contributed by atoms with van der Waals surface area (Å²) < 4.78 is 37.6. The van der Waals surface area contributed by atoms with Gasteiger partial charge in [-0.3, -0.25) is 4.79 Å². The van der Waals surface area contributed by atoms with E-state index in [0.29, 0.717) is 16.9 Å². The maximum atomic E-state index is 12.5. The van der Waals surface area contributed by atoms with Crippen LogP contribution in [0.15, 0.2) is 23.4 Å². The Bertz CT molecular complexity index is 562. The Morgan fingerprint density at radius 3 is 2.62 bits per heavy atom. The minimum atomic E-state index is -4.40.